The van der Waals surface area contributed by atoms with Crippen molar-refractivity contribution in [3.8, 4) is 0 Å². The summed E-state index contributed by atoms with van der Waals surface area (Å²) >= 11 is 0. The smallest absolute Gasteiger partial charge is 0.126 e. The van der Waals surface area contributed by atoms with Crippen LogP contribution in [0, 0.1) is 11.7 Å². The van der Waals surface area contributed by atoms with Crippen molar-refractivity contribution in [2.45, 2.75) is 39.2 Å². The molecule has 1 atom stereocenters. The third-order valence-corrected chi connectivity index (χ3v) is 2.49. The Morgan fingerprint density at radius 2 is 1.87 bits per heavy atom. The Morgan fingerprint density at radius 1 is 1.20 bits per heavy atom. The second kappa shape index (κ2) is 5.86. The highest BCUT2D eigenvalue weighted by Crippen LogP contribution is 2.13. The lowest BCUT2D eigenvalue weighted by Gasteiger charge is -2.12. The van der Waals surface area contributed by atoms with Crippen LogP contribution >= 0.6 is 0 Å². The maximum Gasteiger partial charge on any atom is 0.126 e. The molecule has 0 spiro atoms. The van der Waals surface area contributed by atoms with Gasteiger partial charge in [-0.05, 0) is 30.4 Å². The van der Waals surface area contributed by atoms with E-state index in [1.54, 1.807) is 18.2 Å². The first-order chi connectivity index (χ1) is 7.09. The van der Waals surface area contributed by atoms with Gasteiger partial charge in [0, 0.05) is 6.42 Å². The van der Waals surface area contributed by atoms with E-state index in [2.05, 4.69) is 13.8 Å². The lowest BCUT2D eigenvalue weighted by molar-refractivity contribution is 0.156. The van der Waals surface area contributed by atoms with Crippen LogP contribution in [-0.2, 0) is 6.42 Å². The molecule has 1 rings (SSSR count). The molecule has 1 aromatic carbocycles. The Bertz CT molecular complexity index is 296. The fourth-order valence-corrected chi connectivity index (χ4v) is 1.55. The van der Waals surface area contributed by atoms with Gasteiger partial charge in [-0.1, -0.05) is 32.0 Å². The molecule has 0 saturated carbocycles. The number of benzene rings is 1. The van der Waals surface area contributed by atoms with E-state index in [0.29, 0.717) is 17.9 Å². The van der Waals surface area contributed by atoms with Crippen LogP contribution in [0.5, 0.6) is 0 Å². The summed E-state index contributed by atoms with van der Waals surface area (Å²) < 4.78 is 13.2. The fourth-order valence-electron chi connectivity index (χ4n) is 1.55. The molecule has 1 nitrogen and oxygen atoms in total. The van der Waals surface area contributed by atoms with Crippen molar-refractivity contribution in [3.05, 3.63) is 35.6 Å². The van der Waals surface area contributed by atoms with Gasteiger partial charge in [0.2, 0.25) is 0 Å². The van der Waals surface area contributed by atoms with E-state index in [4.69, 9.17) is 0 Å². The van der Waals surface area contributed by atoms with E-state index in [0.717, 1.165) is 12.8 Å². The summed E-state index contributed by atoms with van der Waals surface area (Å²) in [6, 6.07) is 6.63. The molecule has 0 aliphatic carbocycles. The monoisotopic (exact) mass is 210 g/mol. The molecule has 1 N–H and O–H groups in total. The van der Waals surface area contributed by atoms with E-state index in [1.165, 1.54) is 6.07 Å². The van der Waals surface area contributed by atoms with Gasteiger partial charge in [-0.25, -0.2) is 4.39 Å². The van der Waals surface area contributed by atoms with Crippen LogP contribution < -0.4 is 0 Å². The predicted molar refractivity (Wildman–Crippen MR) is 60.2 cm³/mol. The van der Waals surface area contributed by atoms with Crippen molar-refractivity contribution in [2.24, 2.45) is 5.92 Å². The lowest BCUT2D eigenvalue weighted by atomic mass is 10.00. The third kappa shape index (κ3) is 4.43. The van der Waals surface area contributed by atoms with Crippen molar-refractivity contribution in [1.29, 1.82) is 0 Å². The van der Waals surface area contributed by atoms with Crippen LogP contribution in [0.2, 0.25) is 0 Å². The summed E-state index contributed by atoms with van der Waals surface area (Å²) in [4.78, 5) is 0. The molecule has 2 heteroatoms. The van der Waals surface area contributed by atoms with Gasteiger partial charge in [-0.3, -0.25) is 0 Å². The Balaban J connectivity index is 2.44. The Labute approximate surface area is 90.9 Å². The van der Waals surface area contributed by atoms with Crippen LogP contribution in [0.1, 0.15) is 32.3 Å². The topological polar surface area (TPSA) is 20.2 Å². The molecular weight excluding hydrogens is 191 g/mol. The average molecular weight is 210 g/mol. The highest BCUT2D eigenvalue weighted by molar-refractivity contribution is 5.17. The third-order valence-electron chi connectivity index (χ3n) is 2.49. The Morgan fingerprint density at radius 3 is 2.47 bits per heavy atom. The van der Waals surface area contributed by atoms with Gasteiger partial charge in [0.1, 0.15) is 5.82 Å². The number of aliphatic hydroxyl groups is 1. The van der Waals surface area contributed by atoms with E-state index >= 15 is 0 Å². The first kappa shape index (κ1) is 12.2. The summed E-state index contributed by atoms with van der Waals surface area (Å²) in [6.07, 6.45) is 1.71. The maximum atomic E-state index is 13.2. The lowest BCUT2D eigenvalue weighted by Crippen LogP contribution is -2.12. The standard InChI is InChI=1S/C13H19FO/c1-10(2)7-8-12(15)9-11-5-3-4-6-13(11)14/h3-6,10,12,15H,7-9H2,1-2H3. The largest absolute Gasteiger partial charge is 0.393 e. The minimum absolute atomic E-state index is 0.221. The molecule has 84 valence electrons. The minimum atomic E-state index is -0.427. The second-order valence-electron chi connectivity index (χ2n) is 4.42. The van der Waals surface area contributed by atoms with E-state index in [1.807, 2.05) is 0 Å². The predicted octanol–water partition coefficient (Wildman–Crippen LogP) is 3.17. The van der Waals surface area contributed by atoms with Gasteiger partial charge in [0.15, 0.2) is 0 Å². The molecule has 1 aromatic rings. The molecule has 0 aliphatic rings. The van der Waals surface area contributed by atoms with Crippen molar-refractivity contribution in [2.75, 3.05) is 0 Å². The number of hydrogen-bond acceptors (Lipinski definition) is 1. The summed E-state index contributed by atoms with van der Waals surface area (Å²) in [5.41, 5.74) is 0.605. The van der Waals surface area contributed by atoms with Crippen molar-refractivity contribution in [1.82, 2.24) is 0 Å². The number of halogens is 1. The first-order valence-corrected chi connectivity index (χ1v) is 5.51. The normalized spacial score (nSPS) is 13.1. The average Bonchev–Trinajstić information content (AvgIpc) is 2.18. The summed E-state index contributed by atoms with van der Waals surface area (Å²) in [7, 11) is 0. The number of hydrogen-bond donors (Lipinski definition) is 1. The van der Waals surface area contributed by atoms with Gasteiger partial charge in [0.25, 0.3) is 0 Å². The quantitative estimate of drug-likeness (QED) is 0.791. The van der Waals surface area contributed by atoms with Gasteiger partial charge in [-0.15, -0.1) is 0 Å². The van der Waals surface area contributed by atoms with Gasteiger partial charge in [0.05, 0.1) is 6.10 Å². The molecule has 1 unspecified atom stereocenters. The van der Waals surface area contributed by atoms with Gasteiger partial charge >= 0.3 is 0 Å². The molecule has 0 aliphatic heterocycles. The summed E-state index contributed by atoms with van der Waals surface area (Å²) in [6.45, 7) is 4.24. The molecule has 0 saturated heterocycles. The first-order valence-electron chi connectivity index (χ1n) is 5.51. The molecule has 0 bridgehead atoms. The zero-order valence-electron chi connectivity index (χ0n) is 9.41. The fraction of sp³-hybridized carbons (Fsp3) is 0.538. The Kier molecular flexibility index (Phi) is 4.76. The van der Waals surface area contributed by atoms with Gasteiger partial charge in [-0.2, -0.15) is 0 Å². The maximum absolute atomic E-state index is 13.2. The molecule has 0 heterocycles. The highest BCUT2D eigenvalue weighted by Gasteiger charge is 2.09. The van der Waals surface area contributed by atoms with Crippen LogP contribution in [0.4, 0.5) is 4.39 Å². The van der Waals surface area contributed by atoms with Gasteiger partial charge < -0.3 is 5.11 Å². The SMILES string of the molecule is CC(C)CCC(O)Cc1ccccc1F. The molecule has 15 heavy (non-hydrogen) atoms. The summed E-state index contributed by atoms with van der Waals surface area (Å²) in [5, 5.41) is 9.71. The Hall–Kier alpha value is -0.890. The second-order valence-corrected chi connectivity index (χ2v) is 4.42. The number of rotatable bonds is 5. The molecule has 0 amide bonds. The zero-order valence-corrected chi connectivity index (χ0v) is 9.41. The van der Waals surface area contributed by atoms with Crippen molar-refractivity contribution < 1.29 is 9.50 Å². The van der Waals surface area contributed by atoms with Crippen LogP contribution in [-0.4, -0.2) is 11.2 Å². The van der Waals surface area contributed by atoms with Crippen molar-refractivity contribution >= 4 is 0 Å². The van der Waals surface area contributed by atoms with Crippen LogP contribution in [0.15, 0.2) is 24.3 Å². The van der Waals surface area contributed by atoms with E-state index in [-0.39, 0.29) is 5.82 Å². The molecule has 0 radical (unpaired) electrons. The van der Waals surface area contributed by atoms with Crippen LogP contribution in [0.3, 0.4) is 0 Å². The minimum Gasteiger partial charge on any atom is -0.393 e. The molecule has 0 aromatic heterocycles. The highest BCUT2D eigenvalue weighted by atomic mass is 19.1. The molecular formula is C13H19FO. The number of aliphatic hydroxyl groups excluding tert-OH is 1. The summed E-state index contributed by atoms with van der Waals surface area (Å²) in [5.74, 6) is 0.362. The van der Waals surface area contributed by atoms with E-state index < -0.39 is 6.10 Å². The zero-order chi connectivity index (χ0) is 11.3. The van der Waals surface area contributed by atoms with Crippen molar-refractivity contribution in [3.63, 3.8) is 0 Å². The molecule has 0 fully saturated rings. The van der Waals surface area contributed by atoms with Crippen LogP contribution in [0.25, 0.3) is 0 Å². The van der Waals surface area contributed by atoms with E-state index in [9.17, 15) is 9.50 Å².